The van der Waals surface area contributed by atoms with Gasteiger partial charge in [-0.25, -0.2) is 4.79 Å². The Morgan fingerprint density at radius 1 is 1.39 bits per heavy atom. The second-order valence-electron chi connectivity index (χ2n) is 3.97. The van der Waals surface area contributed by atoms with E-state index in [0.29, 0.717) is 11.7 Å². The summed E-state index contributed by atoms with van der Waals surface area (Å²) in [5.74, 6) is 0. The standard InChI is InChI=1S/C13H16N2O3/c1-2-7-18-13(16)15-11-5-3-10(4-6-11)14-12-8-17-9-12/h2-6,12,14H,1,7-9H2,(H,15,16). The highest BCUT2D eigenvalue weighted by atomic mass is 16.5. The van der Waals surface area contributed by atoms with Crippen molar-refractivity contribution in [2.75, 3.05) is 30.5 Å². The number of carbonyl (C=O) groups excluding carboxylic acids is 1. The molecule has 1 fully saturated rings. The fraction of sp³-hybridized carbons (Fsp3) is 0.308. The molecule has 2 N–H and O–H groups in total. The van der Waals surface area contributed by atoms with E-state index in [-0.39, 0.29) is 6.61 Å². The number of benzene rings is 1. The number of hydrogen-bond acceptors (Lipinski definition) is 4. The van der Waals surface area contributed by atoms with Crippen LogP contribution in [0.25, 0.3) is 0 Å². The number of ether oxygens (including phenoxy) is 2. The van der Waals surface area contributed by atoms with E-state index in [0.717, 1.165) is 18.9 Å². The summed E-state index contributed by atoms with van der Waals surface area (Å²) in [6.45, 7) is 5.16. The number of hydrogen-bond donors (Lipinski definition) is 2. The van der Waals surface area contributed by atoms with Crippen molar-refractivity contribution in [1.82, 2.24) is 0 Å². The van der Waals surface area contributed by atoms with Crippen LogP contribution in [0.4, 0.5) is 16.2 Å². The Bertz CT molecular complexity index is 413. The molecule has 96 valence electrons. The van der Waals surface area contributed by atoms with Gasteiger partial charge in [0.15, 0.2) is 0 Å². The van der Waals surface area contributed by atoms with Crippen LogP contribution in [-0.4, -0.2) is 32.0 Å². The van der Waals surface area contributed by atoms with Gasteiger partial charge in [-0.3, -0.25) is 5.32 Å². The summed E-state index contributed by atoms with van der Waals surface area (Å²) < 4.78 is 9.89. The minimum Gasteiger partial charge on any atom is -0.445 e. The predicted molar refractivity (Wildman–Crippen MR) is 69.8 cm³/mol. The van der Waals surface area contributed by atoms with Gasteiger partial charge in [0.25, 0.3) is 0 Å². The minimum atomic E-state index is -0.483. The van der Waals surface area contributed by atoms with Gasteiger partial charge in [0.1, 0.15) is 6.61 Å². The van der Waals surface area contributed by atoms with Gasteiger partial charge < -0.3 is 14.8 Å². The summed E-state index contributed by atoms with van der Waals surface area (Å²) >= 11 is 0. The first-order valence-electron chi connectivity index (χ1n) is 5.77. The monoisotopic (exact) mass is 248 g/mol. The summed E-state index contributed by atoms with van der Waals surface area (Å²) in [5.41, 5.74) is 1.70. The van der Waals surface area contributed by atoms with Crippen LogP contribution in [-0.2, 0) is 9.47 Å². The van der Waals surface area contributed by atoms with Gasteiger partial charge in [0, 0.05) is 11.4 Å². The quantitative estimate of drug-likeness (QED) is 0.784. The second-order valence-corrected chi connectivity index (χ2v) is 3.97. The molecule has 1 amide bonds. The Labute approximate surface area is 106 Å². The van der Waals surface area contributed by atoms with Crippen molar-refractivity contribution in [3.8, 4) is 0 Å². The molecule has 0 saturated carbocycles. The smallest absolute Gasteiger partial charge is 0.411 e. The van der Waals surface area contributed by atoms with E-state index in [1.54, 1.807) is 0 Å². The highest BCUT2D eigenvalue weighted by molar-refractivity contribution is 5.84. The fourth-order valence-corrected chi connectivity index (χ4v) is 1.49. The lowest BCUT2D eigenvalue weighted by atomic mass is 10.2. The first kappa shape index (κ1) is 12.4. The average Bonchev–Trinajstić information content (AvgIpc) is 2.33. The normalized spacial score (nSPS) is 14.4. The topological polar surface area (TPSA) is 59.6 Å². The van der Waals surface area contributed by atoms with Gasteiger partial charge in [-0.1, -0.05) is 12.7 Å². The maximum atomic E-state index is 11.3. The van der Waals surface area contributed by atoms with Crippen molar-refractivity contribution in [2.45, 2.75) is 6.04 Å². The average molecular weight is 248 g/mol. The van der Waals surface area contributed by atoms with E-state index in [4.69, 9.17) is 9.47 Å². The number of nitrogens with one attached hydrogen (secondary N) is 2. The molecule has 1 aromatic rings. The van der Waals surface area contributed by atoms with Crippen molar-refractivity contribution in [3.05, 3.63) is 36.9 Å². The van der Waals surface area contributed by atoms with E-state index in [2.05, 4.69) is 17.2 Å². The summed E-state index contributed by atoms with van der Waals surface area (Å²) in [6, 6.07) is 7.83. The number of amides is 1. The molecule has 5 heteroatoms. The molecule has 0 radical (unpaired) electrons. The van der Waals surface area contributed by atoms with Crippen LogP contribution in [0.2, 0.25) is 0 Å². The number of carbonyl (C=O) groups is 1. The maximum absolute atomic E-state index is 11.3. The van der Waals surface area contributed by atoms with E-state index >= 15 is 0 Å². The summed E-state index contributed by atoms with van der Waals surface area (Å²) in [4.78, 5) is 11.3. The Kier molecular flexibility index (Phi) is 4.20. The van der Waals surface area contributed by atoms with Crippen LogP contribution in [0.15, 0.2) is 36.9 Å². The lowest BCUT2D eigenvalue weighted by Gasteiger charge is -2.27. The van der Waals surface area contributed by atoms with E-state index < -0.39 is 6.09 Å². The Balaban J connectivity index is 1.82. The highest BCUT2D eigenvalue weighted by Crippen LogP contribution is 2.16. The van der Waals surface area contributed by atoms with Crippen molar-refractivity contribution in [2.24, 2.45) is 0 Å². The largest absolute Gasteiger partial charge is 0.445 e. The minimum absolute atomic E-state index is 0.202. The van der Waals surface area contributed by atoms with Crippen molar-refractivity contribution < 1.29 is 14.3 Å². The van der Waals surface area contributed by atoms with Crippen LogP contribution in [0.5, 0.6) is 0 Å². The Hall–Kier alpha value is -2.01. The van der Waals surface area contributed by atoms with Crippen molar-refractivity contribution in [1.29, 1.82) is 0 Å². The molecule has 0 unspecified atom stereocenters. The van der Waals surface area contributed by atoms with Gasteiger partial charge >= 0.3 is 6.09 Å². The lowest BCUT2D eigenvalue weighted by molar-refractivity contribution is 0.0211. The van der Waals surface area contributed by atoms with Gasteiger partial charge in [-0.2, -0.15) is 0 Å². The molecule has 1 heterocycles. The van der Waals surface area contributed by atoms with E-state index in [1.807, 2.05) is 24.3 Å². The first-order valence-corrected chi connectivity index (χ1v) is 5.77. The maximum Gasteiger partial charge on any atom is 0.411 e. The SMILES string of the molecule is C=CCOC(=O)Nc1ccc(NC2COC2)cc1. The summed E-state index contributed by atoms with van der Waals surface area (Å²) in [6.07, 6.45) is 1.04. The van der Waals surface area contributed by atoms with Gasteiger partial charge in [0.2, 0.25) is 0 Å². The fourth-order valence-electron chi connectivity index (χ4n) is 1.49. The third kappa shape index (κ3) is 3.49. The number of rotatable bonds is 5. The molecule has 0 aliphatic carbocycles. The van der Waals surface area contributed by atoms with Crippen LogP contribution < -0.4 is 10.6 Å². The van der Waals surface area contributed by atoms with Crippen LogP contribution >= 0.6 is 0 Å². The zero-order chi connectivity index (χ0) is 12.8. The molecular weight excluding hydrogens is 232 g/mol. The molecule has 1 saturated heterocycles. The molecular formula is C13H16N2O3. The van der Waals surface area contributed by atoms with E-state index in [9.17, 15) is 4.79 Å². The van der Waals surface area contributed by atoms with Crippen LogP contribution in [0.1, 0.15) is 0 Å². The predicted octanol–water partition coefficient (Wildman–Crippen LogP) is 2.23. The third-order valence-electron chi connectivity index (χ3n) is 2.47. The molecule has 0 bridgehead atoms. The van der Waals surface area contributed by atoms with Crippen LogP contribution in [0, 0.1) is 0 Å². The molecule has 0 spiro atoms. The van der Waals surface area contributed by atoms with Gasteiger partial charge in [-0.05, 0) is 24.3 Å². The Morgan fingerprint density at radius 3 is 2.61 bits per heavy atom. The van der Waals surface area contributed by atoms with Gasteiger partial charge in [0.05, 0.1) is 19.3 Å². The zero-order valence-corrected chi connectivity index (χ0v) is 10.0. The van der Waals surface area contributed by atoms with E-state index in [1.165, 1.54) is 6.08 Å². The molecule has 5 nitrogen and oxygen atoms in total. The first-order chi connectivity index (χ1) is 8.78. The van der Waals surface area contributed by atoms with Gasteiger partial charge in [-0.15, -0.1) is 0 Å². The molecule has 1 aromatic carbocycles. The third-order valence-corrected chi connectivity index (χ3v) is 2.47. The molecule has 18 heavy (non-hydrogen) atoms. The second kappa shape index (κ2) is 6.07. The summed E-state index contributed by atoms with van der Waals surface area (Å²) in [5, 5.41) is 5.93. The van der Waals surface area contributed by atoms with Crippen molar-refractivity contribution in [3.63, 3.8) is 0 Å². The molecule has 1 aliphatic rings. The van der Waals surface area contributed by atoms with Crippen molar-refractivity contribution >= 4 is 17.5 Å². The molecule has 0 aromatic heterocycles. The van der Waals surface area contributed by atoms with Crippen LogP contribution in [0.3, 0.4) is 0 Å². The molecule has 2 rings (SSSR count). The summed E-state index contributed by atoms with van der Waals surface area (Å²) in [7, 11) is 0. The zero-order valence-electron chi connectivity index (χ0n) is 10.0. The molecule has 0 atom stereocenters. The Morgan fingerprint density at radius 2 is 2.06 bits per heavy atom. The lowest BCUT2D eigenvalue weighted by Crippen LogP contribution is -2.40. The highest BCUT2D eigenvalue weighted by Gasteiger charge is 2.17. The molecule has 1 aliphatic heterocycles. The number of anilines is 2.